The number of ketones is 1. The zero-order chi connectivity index (χ0) is 11.7. The van der Waals surface area contributed by atoms with Crippen LogP contribution in [0.15, 0.2) is 24.7 Å². The van der Waals surface area contributed by atoms with E-state index in [9.17, 15) is 4.79 Å². The summed E-state index contributed by atoms with van der Waals surface area (Å²) in [6.45, 7) is 0. The maximum atomic E-state index is 12.0. The normalized spacial score (nSPS) is 10.3. The minimum atomic E-state index is -0.267. The van der Waals surface area contributed by atoms with Gasteiger partial charge in [0.25, 0.3) is 0 Å². The van der Waals surface area contributed by atoms with Gasteiger partial charge in [-0.3, -0.25) is 14.5 Å². The van der Waals surface area contributed by atoms with E-state index in [2.05, 4.69) is 10.1 Å². The van der Waals surface area contributed by atoms with Crippen LogP contribution in [0.2, 0.25) is 0 Å². The zero-order valence-electron chi connectivity index (χ0n) is 8.71. The number of nitrogen functional groups attached to an aromatic ring is 2. The minimum absolute atomic E-state index is 0.267. The molecular weight excluding hydrogens is 206 g/mol. The van der Waals surface area contributed by atoms with Crippen LogP contribution in [0.3, 0.4) is 0 Å². The van der Waals surface area contributed by atoms with Gasteiger partial charge in [0, 0.05) is 25.1 Å². The molecule has 0 radical (unpaired) electrons. The molecule has 16 heavy (non-hydrogen) atoms. The Morgan fingerprint density at radius 1 is 1.31 bits per heavy atom. The largest absolute Gasteiger partial charge is 0.398 e. The van der Waals surface area contributed by atoms with Gasteiger partial charge in [-0.25, -0.2) is 0 Å². The lowest BCUT2D eigenvalue weighted by molar-refractivity contribution is 0.104. The van der Waals surface area contributed by atoms with E-state index in [1.54, 1.807) is 13.1 Å². The van der Waals surface area contributed by atoms with Crippen molar-refractivity contribution in [2.75, 3.05) is 11.5 Å². The molecule has 2 aromatic rings. The van der Waals surface area contributed by atoms with E-state index in [0.29, 0.717) is 22.6 Å². The molecule has 0 unspecified atom stereocenters. The van der Waals surface area contributed by atoms with Gasteiger partial charge < -0.3 is 11.5 Å². The quantitative estimate of drug-likeness (QED) is 0.700. The van der Waals surface area contributed by atoms with Crippen molar-refractivity contribution in [1.82, 2.24) is 14.8 Å². The third kappa shape index (κ3) is 1.50. The van der Waals surface area contributed by atoms with Crippen LogP contribution in [0.5, 0.6) is 0 Å². The van der Waals surface area contributed by atoms with Crippen molar-refractivity contribution in [3.05, 3.63) is 35.8 Å². The summed E-state index contributed by atoms with van der Waals surface area (Å²) >= 11 is 0. The van der Waals surface area contributed by atoms with Crippen molar-refractivity contribution in [2.24, 2.45) is 7.05 Å². The molecular formula is C10H11N5O. The van der Waals surface area contributed by atoms with Gasteiger partial charge >= 0.3 is 0 Å². The van der Waals surface area contributed by atoms with Crippen LogP contribution in [0.25, 0.3) is 0 Å². The van der Waals surface area contributed by atoms with Crippen LogP contribution in [-0.4, -0.2) is 20.5 Å². The molecule has 0 fully saturated rings. The third-order valence-corrected chi connectivity index (χ3v) is 2.33. The number of nitrogens with two attached hydrogens (primary N) is 2. The predicted octanol–water partition coefficient (Wildman–Crippen LogP) is 0.211. The number of hydrogen-bond donors (Lipinski definition) is 2. The highest BCUT2D eigenvalue weighted by molar-refractivity contribution is 6.14. The number of hydrogen-bond acceptors (Lipinski definition) is 5. The number of aromatic nitrogens is 3. The van der Waals surface area contributed by atoms with E-state index in [4.69, 9.17) is 11.5 Å². The summed E-state index contributed by atoms with van der Waals surface area (Å²) in [6, 6.07) is 1.57. The molecule has 4 N–H and O–H groups in total. The summed E-state index contributed by atoms with van der Waals surface area (Å²) in [5.74, 6) is 0.0458. The molecule has 0 aliphatic carbocycles. The average molecular weight is 217 g/mol. The Hall–Kier alpha value is -2.37. The maximum Gasteiger partial charge on any atom is 0.201 e. The number of carbonyl (C=O) groups is 1. The molecule has 82 valence electrons. The van der Waals surface area contributed by atoms with E-state index in [-0.39, 0.29) is 5.78 Å². The highest BCUT2D eigenvalue weighted by Gasteiger charge is 2.17. The minimum Gasteiger partial charge on any atom is -0.398 e. The van der Waals surface area contributed by atoms with Crippen LogP contribution < -0.4 is 11.5 Å². The Bertz CT molecular complexity index is 546. The first-order valence-electron chi connectivity index (χ1n) is 4.63. The first kappa shape index (κ1) is 10.2. The molecule has 0 aliphatic rings. The van der Waals surface area contributed by atoms with Crippen molar-refractivity contribution >= 4 is 17.3 Å². The van der Waals surface area contributed by atoms with E-state index in [1.807, 2.05) is 0 Å². The number of carbonyl (C=O) groups excluding carboxylic acids is 1. The Morgan fingerprint density at radius 2 is 2.06 bits per heavy atom. The van der Waals surface area contributed by atoms with Crippen molar-refractivity contribution in [1.29, 1.82) is 0 Å². The number of pyridine rings is 1. The second-order valence-electron chi connectivity index (χ2n) is 3.36. The Balaban J connectivity index is 2.48. The maximum absolute atomic E-state index is 12.0. The van der Waals surface area contributed by atoms with E-state index < -0.39 is 0 Å². The summed E-state index contributed by atoms with van der Waals surface area (Å²) in [7, 11) is 1.67. The summed E-state index contributed by atoms with van der Waals surface area (Å²) < 4.78 is 1.43. The summed E-state index contributed by atoms with van der Waals surface area (Å²) in [5.41, 5.74) is 12.4. The molecule has 2 rings (SSSR count). The molecule has 0 amide bonds. The number of aryl methyl sites for hydroxylation is 1. The standard InChI is InChI=1S/C10H11N5O/c1-15-10(12)7(5-14-15)9(16)6-4-13-3-2-8(6)11/h2-5H,12H2,1H3,(H2,11,13). The van der Waals surface area contributed by atoms with Crippen molar-refractivity contribution in [3.8, 4) is 0 Å². The van der Waals surface area contributed by atoms with E-state index >= 15 is 0 Å². The molecule has 0 saturated heterocycles. The molecule has 6 heteroatoms. The monoisotopic (exact) mass is 217 g/mol. The second kappa shape index (κ2) is 3.65. The first-order chi connectivity index (χ1) is 7.61. The van der Waals surface area contributed by atoms with E-state index in [1.165, 1.54) is 23.3 Å². The Kier molecular flexibility index (Phi) is 2.32. The van der Waals surface area contributed by atoms with Gasteiger partial charge in [0.05, 0.1) is 17.3 Å². The Labute approximate surface area is 91.9 Å². The fourth-order valence-corrected chi connectivity index (χ4v) is 1.36. The topological polar surface area (TPSA) is 99.8 Å². The molecule has 0 aromatic carbocycles. The molecule has 0 aliphatic heterocycles. The summed E-state index contributed by atoms with van der Waals surface area (Å²) in [6.07, 6.45) is 4.37. The second-order valence-corrected chi connectivity index (χ2v) is 3.36. The molecule has 0 bridgehead atoms. The first-order valence-corrected chi connectivity index (χ1v) is 4.63. The highest BCUT2D eigenvalue weighted by Crippen LogP contribution is 2.18. The molecule has 0 spiro atoms. The lowest BCUT2D eigenvalue weighted by Gasteiger charge is -2.02. The average Bonchev–Trinajstić information content (AvgIpc) is 2.60. The zero-order valence-corrected chi connectivity index (χ0v) is 8.71. The number of rotatable bonds is 2. The van der Waals surface area contributed by atoms with Crippen LogP contribution >= 0.6 is 0 Å². The molecule has 2 heterocycles. The molecule has 0 saturated carbocycles. The Morgan fingerprint density at radius 3 is 2.62 bits per heavy atom. The number of nitrogens with zero attached hydrogens (tertiary/aromatic N) is 3. The van der Waals surface area contributed by atoms with Crippen LogP contribution in [0.4, 0.5) is 11.5 Å². The van der Waals surface area contributed by atoms with Gasteiger partial charge in [-0.05, 0) is 6.07 Å². The van der Waals surface area contributed by atoms with Gasteiger partial charge in [0.15, 0.2) is 0 Å². The predicted molar refractivity (Wildman–Crippen MR) is 59.7 cm³/mol. The smallest absolute Gasteiger partial charge is 0.201 e. The van der Waals surface area contributed by atoms with Gasteiger partial charge in [0.2, 0.25) is 5.78 Å². The van der Waals surface area contributed by atoms with Crippen LogP contribution in [0, 0.1) is 0 Å². The lowest BCUT2D eigenvalue weighted by Crippen LogP contribution is -2.08. The lowest BCUT2D eigenvalue weighted by atomic mass is 10.1. The van der Waals surface area contributed by atoms with Crippen LogP contribution in [0.1, 0.15) is 15.9 Å². The SMILES string of the molecule is Cn1ncc(C(=O)c2cnccc2N)c1N. The number of anilines is 2. The fraction of sp³-hybridized carbons (Fsp3) is 0.100. The van der Waals surface area contributed by atoms with Crippen LogP contribution in [-0.2, 0) is 7.05 Å². The third-order valence-electron chi connectivity index (χ3n) is 2.33. The van der Waals surface area contributed by atoms with E-state index in [0.717, 1.165) is 0 Å². The van der Waals surface area contributed by atoms with Crippen molar-refractivity contribution < 1.29 is 4.79 Å². The summed E-state index contributed by atoms with van der Waals surface area (Å²) in [5, 5.41) is 3.90. The molecule has 2 aromatic heterocycles. The molecule has 6 nitrogen and oxygen atoms in total. The molecule has 0 atom stereocenters. The fourth-order valence-electron chi connectivity index (χ4n) is 1.36. The van der Waals surface area contributed by atoms with Crippen molar-refractivity contribution in [2.45, 2.75) is 0 Å². The highest BCUT2D eigenvalue weighted by atomic mass is 16.1. The van der Waals surface area contributed by atoms with Gasteiger partial charge in [-0.2, -0.15) is 5.10 Å². The van der Waals surface area contributed by atoms with Gasteiger partial charge in [-0.1, -0.05) is 0 Å². The summed E-state index contributed by atoms with van der Waals surface area (Å²) in [4.78, 5) is 15.9. The van der Waals surface area contributed by atoms with Gasteiger partial charge in [-0.15, -0.1) is 0 Å². The van der Waals surface area contributed by atoms with Gasteiger partial charge in [0.1, 0.15) is 5.82 Å². The van der Waals surface area contributed by atoms with Crippen molar-refractivity contribution in [3.63, 3.8) is 0 Å².